The van der Waals surface area contributed by atoms with E-state index in [-0.39, 0.29) is 5.69 Å². The number of benzene rings is 2. The number of nitrogens with one attached hydrogen (secondary N) is 1. The summed E-state index contributed by atoms with van der Waals surface area (Å²) in [6.45, 7) is 2.65. The first-order valence-corrected chi connectivity index (χ1v) is 11.7. The van der Waals surface area contributed by atoms with E-state index in [0.717, 1.165) is 17.4 Å². The Balaban J connectivity index is 1.97. The van der Waals surface area contributed by atoms with Crippen LogP contribution in [0.15, 0.2) is 54.6 Å². The number of amides is 1. The molecule has 7 nitrogen and oxygen atoms in total. The second-order valence-corrected chi connectivity index (χ2v) is 9.65. The third-order valence-electron chi connectivity index (χ3n) is 4.26. The van der Waals surface area contributed by atoms with Gasteiger partial charge in [-0.3, -0.25) is 4.79 Å². The minimum absolute atomic E-state index is 0.0760. The van der Waals surface area contributed by atoms with Crippen molar-refractivity contribution in [1.82, 2.24) is 9.71 Å². The van der Waals surface area contributed by atoms with Crippen molar-refractivity contribution in [2.75, 3.05) is 11.2 Å². The zero-order chi connectivity index (χ0) is 21.7. The van der Waals surface area contributed by atoms with E-state index >= 15 is 0 Å². The molecule has 0 unspecified atom stereocenters. The third-order valence-corrected chi connectivity index (χ3v) is 5.85. The molecule has 0 saturated heterocycles. The highest BCUT2D eigenvalue weighted by Gasteiger charge is 2.22. The second kappa shape index (κ2) is 9.07. The summed E-state index contributed by atoms with van der Waals surface area (Å²) in [6.07, 6.45) is 0.925. The molecule has 3 rings (SSSR count). The number of hydrogen-bond acceptors (Lipinski definition) is 7. The molecule has 9 heteroatoms. The van der Waals surface area contributed by atoms with Gasteiger partial charge >= 0.3 is 0 Å². The molecule has 0 bridgehead atoms. The fourth-order valence-electron chi connectivity index (χ4n) is 2.91. The largest absolute Gasteiger partial charge is 0.339 e. The van der Waals surface area contributed by atoms with Gasteiger partial charge in [-0.05, 0) is 24.1 Å². The summed E-state index contributed by atoms with van der Waals surface area (Å²) < 4.78 is 24.8. The highest BCUT2D eigenvalue weighted by atomic mass is 32.2. The fraction of sp³-hybridized carbons (Fsp3) is 0.190. The highest BCUT2D eigenvalue weighted by Crippen LogP contribution is 2.29. The maximum atomic E-state index is 12.3. The van der Waals surface area contributed by atoms with Gasteiger partial charge in [-0.1, -0.05) is 48.5 Å². The van der Waals surface area contributed by atoms with Gasteiger partial charge in [-0.15, -0.1) is 11.3 Å². The summed E-state index contributed by atoms with van der Waals surface area (Å²) >= 11 is 1.30. The number of anilines is 1. The molecular weight excluding hydrogens is 420 g/mol. The van der Waals surface area contributed by atoms with Gasteiger partial charge in [0.1, 0.15) is 5.69 Å². The Labute approximate surface area is 179 Å². The topological polar surface area (TPSA) is 103 Å². The highest BCUT2D eigenvalue weighted by molar-refractivity contribution is 7.89. The molecule has 1 N–H and O–H groups in total. The van der Waals surface area contributed by atoms with Gasteiger partial charge in [-0.2, -0.15) is 5.26 Å². The average Bonchev–Trinajstić information content (AvgIpc) is 3.09. The number of rotatable bonds is 7. The van der Waals surface area contributed by atoms with E-state index in [1.165, 1.54) is 11.3 Å². The summed E-state index contributed by atoms with van der Waals surface area (Å²) in [5.74, 6) is -0.755. The van der Waals surface area contributed by atoms with E-state index in [1.54, 1.807) is 13.0 Å². The molecule has 1 amide bonds. The molecule has 0 aliphatic carbocycles. The van der Waals surface area contributed by atoms with Crippen LogP contribution in [0.1, 0.15) is 32.1 Å². The van der Waals surface area contributed by atoms with Crippen molar-refractivity contribution >= 4 is 32.4 Å². The second-order valence-electron chi connectivity index (χ2n) is 6.72. The Kier molecular flexibility index (Phi) is 6.50. The number of aromatic nitrogens is 1. The van der Waals surface area contributed by atoms with Crippen molar-refractivity contribution < 1.29 is 13.2 Å². The molecule has 3 aromatic rings. The van der Waals surface area contributed by atoms with Crippen LogP contribution in [-0.4, -0.2) is 25.6 Å². The lowest BCUT2D eigenvalue weighted by molar-refractivity contribution is 0.0977. The molecule has 0 saturated carbocycles. The normalized spacial score (nSPS) is 11.0. The molecule has 0 spiro atoms. The lowest BCUT2D eigenvalue weighted by atomic mass is 10.1. The van der Waals surface area contributed by atoms with Gasteiger partial charge < -0.3 is 4.90 Å². The van der Waals surface area contributed by atoms with Gasteiger partial charge in [0.05, 0.1) is 17.9 Å². The molecule has 0 aliphatic rings. The summed E-state index contributed by atoms with van der Waals surface area (Å²) in [5, 5.41) is 10.0. The van der Waals surface area contributed by atoms with E-state index in [0.29, 0.717) is 28.7 Å². The number of nitriles is 1. The first-order chi connectivity index (χ1) is 14.3. The first kappa shape index (κ1) is 21.5. The summed E-state index contributed by atoms with van der Waals surface area (Å²) in [6, 6.07) is 19.3. The molecule has 2 aromatic carbocycles. The number of sulfonamides is 1. The van der Waals surface area contributed by atoms with Crippen molar-refractivity contribution in [3.8, 4) is 6.07 Å². The van der Waals surface area contributed by atoms with E-state index in [4.69, 9.17) is 0 Å². The third kappa shape index (κ3) is 5.43. The molecule has 0 fully saturated rings. The Hall–Kier alpha value is -3.22. The predicted molar refractivity (Wildman–Crippen MR) is 117 cm³/mol. The van der Waals surface area contributed by atoms with Crippen molar-refractivity contribution in [2.45, 2.75) is 20.0 Å². The van der Waals surface area contributed by atoms with Crippen molar-refractivity contribution in [3.63, 3.8) is 0 Å². The van der Waals surface area contributed by atoms with E-state index in [2.05, 4.69) is 11.1 Å². The number of carbonyl (C=O) groups is 1. The molecule has 0 aliphatic heterocycles. The van der Waals surface area contributed by atoms with Gasteiger partial charge in [-0.25, -0.2) is 18.1 Å². The Morgan fingerprint density at radius 3 is 2.47 bits per heavy atom. The van der Waals surface area contributed by atoms with Crippen LogP contribution in [0, 0.1) is 18.3 Å². The minimum Gasteiger partial charge on any atom is -0.339 e. The van der Waals surface area contributed by atoms with Crippen LogP contribution in [0.3, 0.4) is 0 Å². The molecule has 1 heterocycles. The van der Waals surface area contributed by atoms with Crippen LogP contribution in [-0.2, 0) is 23.1 Å². The summed E-state index contributed by atoms with van der Waals surface area (Å²) in [4.78, 5) is 19.3. The SMILES string of the molecule is Cc1sc(N(Cc2ccccc2)Cc2ccccc2C#N)nc1C(=O)NS(C)(=O)=O. The number of thiazole rings is 1. The maximum Gasteiger partial charge on any atom is 0.284 e. The van der Waals surface area contributed by atoms with Crippen LogP contribution in [0.4, 0.5) is 5.13 Å². The van der Waals surface area contributed by atoms with Gasteiger partial charge in [0.15, 0.2) is 5.13 Å². The van der Waals surface area contributed by atoms with Crippen LogP contribution < -0.4 is 9.62 Å². The molecule has 154 valence electrons. The number of nitrogens with zero attached hydrogens (tertiary/aromatic N) is 3. The zero-order valence-corrected chi connectivity index (χ0v) is 18.1. The molecule has 0 atom stereocenters. The van der Waals surface area contributed by atoms with Crippen LogP contribution in [0.2, 0.25) is 0 Å². The van der Waals surface area contributed by atoms with Crippen molar-refractivity contribution in [1.29, 1.82) is 5.26 Å². The summed E-state index contributed by atoms with van der Waals surface area (Å²) in [5.41, 5.74) is 2.53. The quantitative estimate of drug-likeness (QED) is 0.605. The molecular formula is C21H20N4O3S2. The predicted octanol–water partition coefficient (Wildman–Crippen LogP) is 3.22. The number of carbonyl (C=O) groups excluding carboxylic acids is 1. The van der Waals surface area contributed by atoms with Gasteiger partial charge in [0, 0.05) is 18.0 Å². The Morgan fingerprint density at radius 1 is 1.13 bits per heavy atom. The number of aryl methyl sites for hydroxylation is 1. The van der Waals surface area contributed by atoms with E-state index in [1.807, 2.05) is 58.2 Å². The molecule has 0 radical (unpaired) electrons. The van der Waals surface area contributed by atoms with Crippen molar-refractivity contribution in [2.24, 2.45) is 0 Å². The average molecular weight is 441 g/mol. The zero-order valence-electron chi connectivity index (χ0n) is 16.5. The van der Waals surface area contributed by atoms with E-state index in [9.17, 15) is 18.5 Å². The monoisotopic (exact) mass is 440 g/mol. The smallest absolute Gasteiger partial charge is 0.284 e. The molecule has 30 heavy (non-hydrogen) atoms. The summed E-state index contributed by atoms with van der Waals surface area (Å²) in [7, 11) is -3.69. The standard InChI is InChI=1S/C21H20N4O3S2/c1-15-19(20(26)24-30(2,27)28)23-21(29-15)25(13-16-8-4-3-5-9-16)14-18-11-7-6-10-17(18)12-22/h3-11H,13-14H2,1-2H3,(H,24,26). The first-order valence-electron chi connectivity index (χ1n) is 9.03. The van der Waals surface area contributed by atoms with Crippen LogP contribution in [0.25, 0.3) is 0 Å². The van der Waals surface area contributed by atoms with Gasteiger partial charge in [0.2, 0.25) is 10.0 Å². The lowest BCUT2D eigenvalue weighted by Crippen LogP contribution is -2.30. The lowest BCUT2D eigenvalue weighted by Gasteiger charge is -2.22. The fourth-order valence-corrected chi connectivity index (χ4v) is 4.25. The Morgan fingerprint density at radius 2 is 1.80 bits per heavy atom. The maximum absolute atomic E-state index is 12.3. The Bertz CT molecular complexity index is 1200. The van der Waals surface area contributed by atoms with Crippen LogP contribution >= 0.6 is 11.3 Å². The minimum atomic E-state index is -3.69. The molecule has 1 aromatic heterocycles. The van der Waals surface area contributed by atoms with Gasteiger partial charge in [0.25, 0.3) is 5.91 Å². The number of hydrogen-bond donors (Lipinski definition) is 1. The van der Waals surface area contributed by atoms with E-state index < -0.39 is 15.9 Å². The van der Waals surface area contributed by atoms with Crippen molar-refractivity contribution in [3.05, 3.63) is 81.9 Å². The van der Waals surface area contributed by atoms with Crippen LogP contribution in [0.5, 0.6) is 0 Å².